The average Bonchev–Trinajstić information content (AvgIpc) is 2.91. The van der Waals surface area contributed by atoms with Crippen molar-refractivity contribution in [3.05, 3.63) is 107 Å². The topological polar surface area (TPSA) is 71.3 Å². The molecule has 0 radical (unpaired) electrons. The van der Waals surface area contributed by atoms with Crippen LogP contribution in [0, 0.1) is 11.3 Å². The molecule has 0 bridgehead atoms. The number of carbonyl (C=O) groups is 1. The molecule has 4 aromatic rings. The van der Waals surface area contributed by atoms with E-state index < -0.39 is 5.91 Å². The Labute approximate surface area is 215 Å². The zero-order valence-corrected chi connectivity index (χ0v) is 20.6. The molecule has 4 aromatic carbocycles. The molecule has 0 fully saturated rings. The summed E-state index contributed by atoms with van der Waals surface area (Å²) in [6.07, 6.45) is 2.44. The van der Waals surface area contributed by atoms with Gasteiger partial charge in [-0.2, -0.15) is 5.26 Å². The second-order valence-corrected chi connectivity index (χ2v) is 8.55. The van der Waals surface area contributed by atoms with Gasteiger partial charge in [-0.15, -0.1) is 0 Å². The van der Waals surface area contributed by atoms with Crippen LogP contribution in [0.15, 0.2) is 90.5 Å². The van der Waals surface area contributed by atoms with Gasteiger partial charge in [0.05, 0.1) is 6.61 Å². The third-order valence-corrected chi connectivity index (χ3v) is 5.73. The minimum absolute atomic E-state index is 0.0178. The first-order valence-electron chi connectivity index (χ1n) is 11.6. The molecule has 36 heavy (non-hydrogen) atoms. The van der Waals surface area contributed by atoms with Crippen LogP contribution in [0.3, 0.4) is 0 Å². The molecule has 1 amide bonds. The molecule has 0 aromatic heterocycles. The smallest absolute Gasteiger partial charge is 0.266 e. The summed E-state index contributed by atoms with van der Waals surface area (Å²) in [5.41, 5.74) is 2.24. The lowest BCUT2D eigenvalue weighted by Gasteiger charge is -2.12. The van der Waals surface area contributed by atoms with Crippen molar-refractivity contribution < 1.29 is 14.3 Å². The standard InChI is InChI=1S/C30H25ClN2O3/c1-2-17-35-29-16-9-22-5-3-4-6-27(22)28(29)18-23(19-32)30(34)33-25-12-14-26(15-13-25)36-20-21-7-10-24(31)11-8-21/h3-16,18H,2,17,20H2,1H3,(H,33,34)/b23-18+. The number of nitrogens with zero attached hydrogens (tertiary/aromatic N) is 1. The van der Waals surface area contributed by atoms with Crippen molar-refractivity contribution in [3.8, 4) is 17.6 Å². The van der Waals surface area contributed by atoms with Crippen LogP contribution in [0.5, 0.6) is 11.5 Å². The van der Waals surface area contributed by atoms with Gasteiger partial charge in [0.25, 0.3) is 5.91 Å². The number of amides is 1. The van der Waals surface area contributed by atoms with E-state index in [-0.39, 0.29) is 5.57 Å². The van der Waals surface area contributed by atoms with Gasteiger partial charge in [-0.3, -0.25) is 4.79 Å². The number of hydrogen-bond acceptors (Lipinski definition) is 4. The highest BCUT2D eigenvalue weighted by Crippen LogP contribution is 2.31. The van der Waals surface area contributed by atoms with Gasteiger partial charge in [0.2, 0.25) is 0 Å². The Kier molecular flexibility index (Phi) is 8.23. The maximum atomic E-state index is 12.9. The molecule has 6 heteroatoms. The van der Waals surface area contributed by atoms with Crippen LogP contribution in [0.25, 0.3) is 16.8 Å². The van der Waals surface area contributed by atoms with E-state index in [1.54, 1.807) is 30.3 Å². The number of nitrogens with one attached hydrogen (secondary N) is 1. The number of nitriles is 1. The van der Waals surface area contributed by atoms with E-state index in [4.69, 9.17) is 21.1 Å². The van der Waals surface area contributed by atoms with Gasteiger partial charge in [0, 0.05) is 16.3 Å². The fourth-order valence-electron chi connectivity index (χ4n) is 3.64. The first-order valence-corrected chi connectivity index (χ1v) is 12.0. The molecule has 0 spiro atoms. The maximum absolute atomic E-state index is 12.9. The largest absolute Gasteiger partial charge is 0.493 e. The summed E-state index contributed by atoms with van der Waals surface area (Å²) in [6.45, 7) is 2.97. The molecular weight excluding hydrogens is 472 g/mol. The van der Waals surface area contributed by atoms with Gasteiger partial charge in [-0.25, -0.2) is 0 Å². The van der Waals surface area contributed by atoms with Crippen molar-refractivity contribution in [1.29, 1.82) is 5.26 Å². The van der Waals surface area contributed by atoms with Crippen LogP contribution < -0.4 is 14.8 Å². The molecule has 5 nitrogen and oxygen atoms in total. The van der Waals surface area contributed by atoms with E-state index in [0.717, 1.165) is 22.8 Å². The number of halogens is 1. The summed E-state index contributed by atoms with van der Waals surface area (Å²) >= 11 is 5.91. The van der Waals surface area contributed by atoms with E-state index in [1.165, 1.54) is 0 Å². The molecule has 0 aliphatic carbocycles. The number of hydrogen-bond donors (Lipinski definition) is 1. The predicted molar refractivity (Wildman–Crippen MR) is 144 cm³/mol. The quantitative estimate of drug-likeness (QED) is 0.193. The molecule has 0 aliphatic rings. The summed E-state index contributed by atoms with van der Waals surface area (Å²) in [5.74, 6) is 0.799. The number of benzene rings is 4. The molecule has 0 saturated carbocycles. The highest BCUT2D eigenvalue weighted by Gasteiger charge is 2.14. The van der Waals surface area contributed by atoms with Crippen LogP contribution >= 0.6 is 11.6 Å². The molecule has 4 rings (SSSR count). The van der Waals surface area contributed by atoms with Gasteiger partial charge in [0.15, 0.2) is 0 Å². The minimum Gasteiger partial charge on any atom is -0.493 e. The van der Waals surface area contributed by atoms with E-state index in [9.17, 15) is 10.1 Å². The third-order valence-electron chi connectivity index (χ3n) is 5.48. The Hall–Kier alpha value is -4.27. The normalized spacial score (nSPS) is 11.1. The van der Waals surface area contributed by atoms with Gasteiger partial charge < -0.3 is 14.8 Å². The van der Waals surface area contributed by atoms with Crippen molar-refractivity contribution in [2.24, 2.45) is 0 Å². The lowest BCUT2D eigenvalue weighted by atomic mass is 10.0. The zero-order chi connectivity index (χ0) is 25.3. The predicted octanol–water partition coefficient (Wildman–Crippen LogP) is 7.41. The van der Waals surface area contributed by atoms with E-state index >= 15 is 0 Å². The molecule has 0 saturated heterocycles. The molecule has 180 valence electrons. The zero-order valence-electron chi connectivity index (χ0n) is 19.8. The summed E-state index contributed by atoms with van der Waals surface area (Å²) < 4.78 is 11.7. The number of anilines is 1. The molecule has 0 unspecified atom stereocenters. The third kappa shape index (κ3) is 6.24. The average molecular weight is 497 g/mol. The Morgan fingerprint density at radius 3 is 2.44 bits per heavy atom. The Morgan fingerprint density at radius 1 is 0.972 bits per heavy atom. The molecular formula is C30H25ClN2O3. The summed E-state index contributed by atoms with van der Waals surface area (Å²) in [5, 5.41) is 15.1. The lowest BCUT2D eigenvalue weighted by molar-refractivity contribution is -0.112. The van der Waals surface area contributed by atoms with E-state index in [0.29, 0.717) is 41.0 Å². The van der Waals surface area contributed by atoms with E-state index in [2.05, 4.69) is 5.32 Å². The van der Waals surface area contributed by atoms with Crippen LogP contribution in [0.1, 0.15) is 24.5 Å². The summed E-state index contributed by atoms with van der Waals surface area (Å²) in [6, 6.07) is 28.1. The van der Waals surface area contributed by atoms with Crippen LogP contribution in [0.2, 0.25) is 5.02 Å². The number of fused-ring (bicyclic) bond motifs is 1. The number of ether oxygens (including phenoxy) is 2. The molecule has 1 N–H and O–H groups in total. The summed E-state index contributed by atoms with van der Waals surface area (Å²) in [4.78, 5) is 12.9. The fraction of sp³-hybridized carbons (Fsp3) is 0.133. The van der Waals surface area contributed by atoms with Gasteiger partial charge in [-0.1, -0.05) is 61.0 Å². The molecule has 0 heterocycles. The van der Waals surface area contributed by atoms with Gasteiger partial charge >= 0.3 is 0 Å². The maximum Gasteiger partial charge on any atom is 0.266 e. The van der Waals surface area contributed by atoms with Crippen molar-refractivity contribution in [1.82, 2.24) is 0 Å². The second kappa shape index (κ2) is 11.9. The Balaban J connectivity index is 1.50. The van der Waals surface area contributed by atoms with Crippen LogP contribution in [0.4, 0.5) is 5.69 Å². The first kappa shape index (κ1) is 24.8. The second-order valence-electron chi connectivity index (χ2n) is 8.11. The highest BCUT2D eigenvalue weighted by atomic mass is 35.5. The molecule has 0 atom stereocenters. The number of rotatable bonds is 9. The van der Waals surface area contributed by atoms with Crippen molar-refractivity contribution in [3.63, 3.8) is 0 Å². The Morgan fingerprint density at radius 2 is 1.72 bits per heavy atom. The van der Waals surface area contributed by atoms with Crippen LogP contribution in [-0.2, 0) is 11.4 Å². The number of carbonyl (C=O) groups excluding carboxylic acids is 1. The lowest BCUT2D eigenvalue weighted by Crippen LogP contribution is -2.13. The van der Waals surface area contributed by atoms with Gasteiger partial charge in [-0.05, 0) is 71.3 Å². The van der Waals surface area contributed by atoms with Crippen molar-refractivity contribution in [2.75, 3.05) is 11.9 Å². The fourth-order valence-corrected chi connectivity index (χ4v) is 3.76. The molecule has 0 aliphatic heterocycles. The van der Waals surface area contributed by atoms with Gasteiger partial charge in [0.1, 0.15) is 29.7 Å². The Bertz CT molecular complexity index is 1420. The first-order chi connectivity index (χ1) is 17.6. The van der Waals surface area contributed by atoms with Crippen molar-refractivity contribution in [2.45, 2.75) is 20.0 Å². The van der Waals surface area contributed by atoms with Crippen molar-refractivity contribution >= 4 is 40.0 Å². The monoisotopic (exact) mass is 496 g/mol. The van der Waals surface area contributed by atoms with E-state index in [1.807, 2.05) is 73.7 Å². The highest BCUT2D eigenvalue weighted by molar-refractivity contribution is 6.30. The summed E-state index contributed by atoms with van der Waals surface area (Å²) in [7, 11) is 0. The minimum atomic E-state index is -0.498. The SMILES string of the molecule is CCCOc1ccc2ccccc2c1/C=C(\C#N)C(=O)Nc1ccc(OCc2ccc(Cl)cc2)cc1. The van der Waals surface area contributed by atoms with Crippen LogP contribution in [-0.4, -0.2) is 12.5 Å².